The van der Waals surface area contributed by atoms with Gasteiger partial charge in [-0.25, -0.2) is 0 Å². The predicted molar refractivity (Wildman–Crippen MR) is 99.9 cm³/mol. The molecule has 0 aromatic heterocycles. The molecule has 0 aliphatic carbocycles. The van der Waals surface area contributed by atoms with E-state index in [1.165, 1.54) is 18.4 Å². The van der Waals surface area contributed by atoms with Crippen LogP contribution in [0.3, 0.4) is 0 Å². The minimum Gasteiger partial charge on any atom is -0.341 e. The monoisotopic (exact) mass is 352 g/mol. The van der Waals surface area contributed by atoms with Crippen molar-refractivity contribution in [3.63, 3.8) is 0 Å². The lowest BCUT2D eigenvalue weighted by Gasteiger charge is -2.23. The van der Waals surface area contributed by atoms with Crippen LogP contribution in [0, 0.1) is 0 Å². The van der Waals surface area contributed by atoms with Crippen molar-refractivity contribution in [3.8, 4) is 0 Å². The summed E-state index contributed by atoms with van der Waals surface area (Å²) < 4.78 is 0. The summed E-state index contributed by atoms with van der Waals surface area (Å²) >= 11 is 0. The number of nitrogens with zero attached hydrogens (tertiary/aromatic N) is 1. The van der Waals surface area contributed by atoms with E-state index >= 15 is 0 Å². The van der Waals surface area contributed by atoms with Gasteiger partial charge in [0.15, 0.2) is 5.78 Å². The van der Waals surface area contributed by atoms with Crippen molar-refractivity contribution in [3.05, 3.63) is 35.4 Å². The number of carbonyl (C=O) groups is 2. The van der Waals surface area contributed by atoms with Crippen LogP contribution in [0.1, 0.15) is 54.9 Å². The minimum atomic E-state index is 0. The van der Waals surface area contributed by atoms with Crippen molar-refractivity contribution >= 4 is 24.1 Å². The summed E-state index contributed by atoms with van der Waals surface area (Å²) in [6, 6.07) is 8.11. The van der Waals surface area contributed by atoms with Crippen LogP contribution in [0.15, 0.2) is 24.3 Å². The molecule has 0 radical (unpaired) electrons. The first-order valence-electron chi connectivity index (χ1n) is 8.70. The Morgan fingerprint density at radius 3 is 2.50 bits per heavy atom. The normalized spacial score (nSPS) is 16.5. The topological polar surface area (TPSA) is 49.4 Å². The molecule has 0 bridgehead atoms. The Kier molecular flexibility index (Phi) is 9.01. The number of aryl methyl sites for hydroxylation is 1. The second-order valence-electron chi connectivity index (χ2n) is 6.37. The molecule has 1 aliphatic heterocycles. The Morgan fingerprint density at radius 2 is 1.92 bits per heavy atom. The van der Waals surface area contributed by atoms with Crippen LogP contribution in [0.5, 0.6) is 0 Å². The molecule has 1 N–H and O–H groups in total. The molecule has 5 heteroatoms. The molecular weight excluding hydrogens is 324 g/mol. The zero-order valence-electron chi connectivity index (χ0n) is 14.7. The number of nitrogens with one attached hydrogen (secondary N) is 1. The number of Topliss-reactive ketones (excluding diaryl/α,β-unsaturated/α-hetero) is 1. The Labute approximate surface area is 151 Å². The van der Waals surface area contributed by atoms with Crippen LogP contribution in [-0.4, -0.2) is 42.8 Å². The largest absolute Gasteiger partial charge is 0.341 e. The molecule has 1 atom stereocenters. The fourth-order valence-corrected chi connectivity index (χ4v) is 2.95. The van der Waals surface area contributed by atoms with Gasteiger partial charge in [-0.3, -0.25) is 9.59 Å². The fourth-order valence-electron chi connectivity index (χ4n) is 2.95. The second kappa shape index (κ2) is 10.5. The quantitative estimate of drug-likeness (QED) is 0.731. The number of benzene rings is 1. The second-order valence-corrected chi connectivity index (χ2v) is 6.37. The van der Waals surface area contributed by atoms with Gasteiger partial charge in [0.1, 0.15) is 0 Å². The smallest absolute Gasteiger partial charge is 0.223 e. The molecule has 1 aliphatic rings. The van der Waals surface area contributed by atoms with Crippen LogP contribution in [0.2, 0.25) is 0 Å². The van der Waals surface area contributed by atoms with E-state index in [1.807, 2.05) is 31.3 Å². The third-order valence-electron chi connectivity index (χ3n) is 4.64. The minimum absolute atomic E-state index is 0. The molecule has 24 heavy (non-hydrogen) atoms. The summed E-state index contributed by atoms with van der Waals surface area (Å²) in [7, 11) is 1.84. The Bertz CT molecular complexity index is 525. The third-order valence-corrected chi connectivity index (χ3v) is 4.64. The molecule has 4 nitrogen and oxygen atoms in total. The van der Waals surface area contributed by atoms with Gasteiger partial charge in [0, 0.05) is 38.0 Å². The Hall–Kier alpha value is -1.39. The average molecular weight is 353 g/mol. The predicted octanol–water partition coefficient (Wildman–Crippen LogP) is 3.23. The maximum absolute atomic E-state index is 12.2. The molecule has 0 saturated carbocycles. The third kappa shape index (κ3) is 5.91. The van der Waals surface area contributed by atoms with Gasteiger partial charge in [-0.05, 0) is 31.4 Å². The zero-order chi connectivity index (χ0) is 16.7. The van der Waals surface area contributed by atoms with Crippen LogP contribution >= 0.6 is 12.4 Å². The van der Waals surface area contributed by atoms with Crippen LogP contribution in [0.4, 0.5) is 0 Å². The maximum Gasteiger partial charge on any atom is 0.223 e. The number of unbranched alkanes of at least 4 members (excludes halogenated alkanes) is 1. The van der Waals surface area contributed by atoms with Crippen molar-refractivity contribution in [2.45, 2.75) is 51.5 Å². The highest BCUT2D eigenvalue weighted by molar-refractivity contribution is 5.98. The number of likely N-dealkylation sites (N-methyl/N-ethyl adjacent to an activating group) is 1. The lowest BCUT2D eigenvalue weighted by Crippen LogP contribution is -2.38. The summed E-state index contributed by atoms with van der Waals surface area (Å²) in [4.78, 5) is 26.2. The van der Waals surface area contributed by atoms with E-state index < -0.39 is 0 Å². The van der Waals surface area contributed by atoms with Gasteiger partial charge in [0.2, 0.25) is 5.91 Å². The van der Waals surface area contributed by atoms with Crippen molar-refractivity contribution in [1.82, 2.24) is 10.2 Å². The standard InChI is InChI=1S/C19H28N2O2.ClH/c1-3-4-5-15-6-8-16(9-7-15)18(22)10-11-19(23)21(2)17-12-13-20-14-17;/h6-9,17,20H,3-5,10-14H2,1-2H3;1H. The molecule has 1 heterocycles. The van der Waals surface area contributed by atoms with Crippen LogP contribution < -0.4 is 5.32 Å². The first-order valence-corrected chi connectivity index (χ1v) is 8.70. The van der Waals surface area contributed by atoms with Crippen molar-refractivity contribution in [1.29, 1.82) is 0 Å². The number of ketones is 1. The van der Waals surface area contributed by atoms with Gasteiger partial charge in [-0.15, -0.1) is 12.4 Å². The van der Waals surface area contributed by atoms with Gasteiger partial charge in [-0.1, -0.05) is 37.6 Å². The SMILES string of the molecule is CCCCc1ccc(C(=O)CCC(=O)N(C)C2CCNC2)cc1.Cl. The number of carbonyl (C=O) groups excluding carboxylic acids is 2. The first kappa shape index (κ1) is 20.7. The first-order chi connectivity index (χ1) is 11.1. The lowest BCUT2D eigenvalue weighted by atomic mass is 10.0. The zero-order valence-corrected chi connectivity index (χ0v) is 15.5. The van der Waals surface area contributed by atoms with E-state index in [-0.39, 0.29) is 36.6 Å². The van der Waals surface area contributed by atoms with E-state index in [4.69, 9.17) is 0 Å². The molecule has 1 fully saturated rings. The highest BCUT2D eigenvalue weighted by atomic mass is 35.5. The summed E-state index contributed by atoms with van der Waals surface area (Å²) in [5.41, 5.74) is 1.98. The van der Waals surface area contributed by atoms with E-state index in [9.17, 15) is 9.59 Å². The summed E-state index contributed by atoms with van der Waals surface area (Å²) in [5, 5.41) is 3.26. The summed E-state index contributed by atoms with van der Waals surface area (Å²) in [6.07, 6.45) is 4.98. The van der Waals surface area contributed by atoms with E-state index in [0.29, 0.717) is 12.0 Å². The molecule has 1 saturated heterocycles. The van der Waals surface area contributed by atoms with Gasteiger partial charge in [-0.2, -0.15) is 0 Å². The number of amides is 1. The van der Waals surface area contributed by atoms with Gasteiger partial charge in [0.05, 0.1) is 0 Å². The van der Waals surface area contributed by atoms with Crippen LogP contribution in [-0.2, 0) is 11.2 Å². The van der Waals surface area contributed by atoms with E-state index in [2.05, 4.69) is 12.2 Å². The highest BCUT2D eigenvalue weighted by Crippen LogP contribution is 2.13. The van der Waals surface area contributed by atoms with Crippen LogP contribution in [0.25, 0.3) is 0 Å². The van der Waals surface area contributed by atoms with E-state index in [0.717, 1.165) is 25.9 Å². The van der Waals surface area contributed by atoms with Gasteiger partial charge in [0.25, 0.3) is 0 Å². The molecular formula is C19H29ClN2O2. The molecule has 1 aromatic rings. The summed E-state index contributed by atoms with van der Waals surface area (Å²) in [6.45, 7) is 3.99. The summed E-state index contributed by atoms with van der Waals surface area (Å²) in [5.74, 6) is 0.116. The molecule has 0 spiro atoms. The number of hydrogen-bond donors (Lipinski definition) is 1. The van der Waals surface area contributed by atoms with Crippen molar-refractivity contribution in [2.75, 3.05) is 20.1 Å². The van der Waals surface area contributed by atoms with E-state index in [1.54, 1.807) is 4.90 Å². The average Bonchev–Trinajstić information content (AvgIpc) is 3.11. The van der Waals surface area contributed by atoms with Crippen molar-refractivity contribution in [2.24, 2.45) is 0 Å². The van der Waals surface area contributed by atoms with Gasteiger partial charge >= 0.3 is 0 Å². The number of rotatable bonds is 8. The number of halogens is 1. The number of hydrogen-bond acceptors (Lipinski definition) is 3. The van der Waals surface area contributed by atoms with Gasteiger partial charge < -0.3 is 10.2 Å². The molecule has 134 valence electrons. The molecule has 1 unspecified atom stereocenters. The Balaban J connectivity index is 0.00000288. The fraction of sp³-hybridized carbons (Fsp3) is 0.579. The molecule has 1 amide bonds. The molecule has 2 rings (SSSR count). The van der Waals surface area contributed by atoms with Crippen molar-refractivity contribution < 1.29 is 9.59 Å². The lowest BCUT2D eigenvalue weighted by molar-refractivity contribution is -0.131. The maximum atomic E-state index is 12.2. The molecule has 1 aromatic carbocycles. The Morgan fingerprint density at radius 1 is 1.21 bits per heavy atom. The highest BCUT2D eigenvalue weighted by Gasteiger charge is 2.23.